The van der Waals surface area contributed by atoms with Crippen LogP contribution in [0.25, 0.3) is 0 Å². The molecule has 2 heterocycles. The smallest absolute Gasteiger partial charge is 0.253 e. The van der Waals surface area contributed by atoms with Crippen LogP contribution < -0.4 is 5.32 Å². The predicted molar refractivity (Wildman–Crippen MR) is 74.4 cm³/mol. The van der Waals surface area contributed by atoms with Crippen molar-refractivity contribution in [3.05, 3.63) is 58.1 Å². The van der Waals surface area contributed by atoms with Gasteiger partial charge in [-0.1, -0.05) is 23.2 Å². The molecule has 0 saturated carbocycles. The molecular formula is C13H11Cl2N3O. The van der Waals surface area contributed by atoms with E-state index in [-0.39, 0.29) is 22.1 Å². The summed E-state index contributed by atoms with van der Waals surface area (Å²) < 4.78 is 0. The first-order valence-corrected chi connectivity index (χ1v) is 6.35. The van der Waals surface area contributed by atoms with Gasteiger partial charge in [0.05, 0.1) is 16.6 Å². The van der Waals surface area contributed by atoms with Crippen molar-refractivity contribution in [1.29, 1.82) is 0 Å². The molecule has 0 saturated heterocycles. The fourth-order valence-electron chi connectivity index (χ4n) is 1.60. The summed E-state index contributed by atoms with van der Waals surface area (Å²) in [4.78, 5) is 19.8. The van der Waals surface area contributed by atoms with Gasteiger partial charge in [-0.05, 0) is 30.7 Å². The Morgan fingerprint density at radius 1 is 1.32 bits per heavy atom. The summed E-state index contributed by atoms with van der Waals surface area (Å²) in [6.07, 6.45) is 4.71. The standard InChI is InChI=1S/C13H11Cl2N3O/c1-8(9-2-4-16-5-3-9)18-13(19)10-6-12(15)17-7-11(10)14/h2-8H,1H3,(H,18,19). The van der Waals surface area contributed by atoms with Crippen LogP contribution in [0.15, 0.2) is 36.8 Å². The van der Waals surface area contributed by atoms with Crippen LogP contribution in [-0.2, 0) is 0 Å². The Morgan fingerprint density at radius 2 is 2.00 bits per heavy atom. The zero-order chi connectivity index (χ0) is 13.8. The molecule has 2 aromatic rings. The highest BCUT2D eigenvalue weighted by molar-refractivity contribution is 6.35. The zero-order valence-electron chi connectivity index (χ0n) is 10.1. The van der Waals surface area contributed by atoms with Gasteiger partial charge < -0.3 is 5.32 Å². The molecule has 0 aromatic carbocycles. The lowest BCUT2D eigenvalue weighted by Gasteiger charge is -2.14. The van der Waals surface area contributed by atoms with Gasteiger partial charge >= 0.3 is 0 Å². The predicted octanol–water partition coefficient (Wildman–Crippen LogP) is 3.27. The first kappa shape index (κ1) is 13.8. The minimum absolute atomic E-state index is 0.154. The number of hydrogen-bond donors (Lipinski definition) is 1. The lowest BCUT2D eigenvalue weighted by atomic mass is 10.1. The molecule has 0 aliphatic heterocycles. The van der Waals surface area contributed by atoms with E-state index in [1.165, 1.54) is 12.3 Å². The van der Waals surface area contributed by atoms with E-state index in [1.54, 1.807) is 12.4 Å². The van der Waals surface area contributed by atoms with Gasteiger partial charge in [-0.3, -0.25) is 9.78 Å². The molecule has 98 valence electrons. The van der Waals surface area contributed by atoms with Crippen molar-refractivity contribution >= 4 is 29.1 Å². The van der Waals surface area contributed by atoms with Crippen molar-refractivity contribution in [1.82, 2.24) is 15.3 Å². The van der Waals surface area contributed by atoms with E-state index in [0.717, 1.165) is 5.56 Å². The van der Waals surface area contributed by atoms with Gasteiger partial charge in [0.25, 0.3) is 5.91 Å². The minimum atomic E-state index is -0.293. The van der Waals surface area contributed by atoms with E-state index < -0.39 is 0 Å². The number of nitrogens with one attached hydrogen (secondary N) is 1. The third-order valence-corrected chi connectivity index (χ3v) is 3.13. The summed E-state index contributed by atoms with van der Waals surface area (Å²) in [6, 6.07) is 4.97. The fraction of sp³-hybridized carbons (Fsp3) is 0.154. The minimum Gasteiger partial charge on any atom is -0.345 e. The number of hydrogen-bond acceptors (Lipinski definition) is 3. The lowest BCUT2D eigenvalue weighted by Crippen LogP contribution is -2.27. The number of rotatable bonds is 3. The highest BCUT2D eigenvalue weighted by Gasteiger charge is 2.15. The van der Waals surface area contributed by atoms with Crippen LogP contribution in [0.2, 0.25) is 10.2 Å². The second kappa shape index (κ2) is 5.99. The van der Waals surface area contributed by atoms with Crippen LogP contribution >= 0.6 is 23.2 Å². The average Bonchev–Trinajstić information content (AvgIpc) is 2.42. The first-order valence-electron chi connectivity index (χ1n) is 5.60. The van der Waals surface area contributed by atoms with Gasteiger partial charge in [-0.25, -0.2) is 4.98 Å². The maximum atomic E-state index is 12.1. The van der Waals surface area contributed by atoms with Crippen molar-refractivity contribution in [3.63, 3.8) is 0 Å². The molecule has 19 heavy (non-hydrogen) atoms. The van der Waals surface area contributed by atoms with Crippen molar-refractivity contribution in [3.8, 4) is 0 Å². The molecule has 1 atom stereocenters. The summed E-state index contributed by atoms with van der Waals surface area (Å²) in [5, 5.41) is 3.34. The maximum absolute atomic E-state index is 12.1. The average molecular weight is 296 g/mol. The zero-order valence-corrected chi connectivity index (χ0v) is 11.6. The summed E-state index contributed by atoms with van der Waals surface area (Å²) in [7, 11) is 0. The second-order valence-corrected chi connectivity index (χ2v) is 4.76. The molecule has 0 aliphatic carbocycles. The quantitative estimate of drug-likeness (QED) is 0.884. The lowest BCUT2D eigenvalue weighted by molar-refractivity contribution is 0.0940. The Balaban J connectivity index is 2.15. The third kappa shape index (κ3) is 3.43. The van der Waals surface area contributed by atoms with Crippen LogP contribution in [0, 0.1) is 0 Å². The van der Waals surface area contributed by atoms with Crippen LogP contribution in [0.3, 0.4) is 0 Å². The molecule has 6 heteroatoms. The summed E-state index contributed by atoms with van der Waals surface area (Å²) in [5.74, 6) is -0.293. The van der Waals surface area contributed by atoms with Crippen LogP contribution in [0.4, 0.5) is 0 Å². The molecule has 2 rings (SSSR count). The van der Waals surface area contributed by atoms with Crippen LogP contribution in [0.5, 0.6) is 0 Å². The topological polar surface area (TPSA) is 54.9 Å². The van der Waals surface area contributed by atoms with Crippen LogP contribution in [-0.4, -0.2) is 15.9 Å². The molecule has 0 bridgehead atoms. The third-order valence-electron chi connectivity index (χ3n) is 2.62. The van der Waals surface area contributed by atoms with Crippen LogP contribution in [0.1, 0.15) is 28.9 Å². The van der Waals surface area contributed by atoms with Crippen molar-refractivity contribution < 1.29 is 4.79 Å². The molecule has 1 amide bonds. The van der Waals surface area contributed by atoms with E-state index in [4.69, 9.17) is 23.2 Å². The van der Waals surface area contributed by atoms with E-state index in [0.29, 0.717) is 5.56 Å². The molecule has 0 aliphatic rings. The highest BCUT2D eigenvalue weighted by Crippen LogP contribution is 2.19. The summed E-state index contributed by atoms with van der Waals surface area (Å²) in [6.45, 7) is 1.88. The Kier molecular flexibility index (Phi) is 4.35. The molecule has 1 N–H and O–H groups in total. The monoisotopic (exact) mass is 295 g/mol. The van der Waals surface area contributed by atoms with Gasteiger partial charge in [-0.2, -0.15) is 0 Å². The van der Waals surface area contributed by atoms with E-state index >= 15 is 0 Å². The maximum Gasteiger partial charge on any atom is 0.253 e. The van der Waals surface area contributed by atoms with E-state index in [1.807, 2.05) is 19.1 Å². The molecule has 1 unspecified atom stereocenters. The van der Waals surface area contributed by atoms with Crippen molar-refractivity contribution in [2.24, 2.45) is 0 Å². The van der Waals surface area contributed by atoms with Gasteiger partial charge in [0.2, 0.25) is 0 Å². The Labute approximate surface area is 120 Å². The number of carbonyl (C=O) groups is 1. The Morgan fingerprint density at radius 3 is 2.68 bits per heavy atom. The van der Waals surface area contributed by atoms with Crippen molar-refractivity contribution in [2.45, 2.75) is 13.0 Å². The first-order chi connectivity index (χ1) is 9.08. The van der Waals surface area contributed by atoms with Gasteiger partial charge in [0.15, 0.2) is 0 Å². The fourth-order valence-corrected chi connectivity index (χ4v) is 1.94. The largest absolute Gasteiger partial charge is 0.345 e. The number of nitrogens with zero attached hydrogens (tertiary/aromatic N) is 2. The van der Waals surface area contributed by atoms with Gasteiger partial charge in [-0.15, -0.1) is 0 Å². The van der Waals surface area contributed by atoms with Crippen molar-refractivity contribution in [2.75, 3.05) is 0 Å². The number of carbonyl (C=O) groups excluding carboxylic acids is 1. The molecule has 0 fully saturated rings. The van der Waals surface area contributed by atoms with E-state index in [9.17, 15) is 4.79 Å². The second-order valence-electron chi connectivity index (χ2n) is 3.96. The molecule has 0 spiro atoms. The number of amides is 1. The van der Waals surface area contributed by atoms with Gasteiger partial charge in [0, 0.05) is 18.6 Å². The normalized spacial score (nSPS) is 11.9. The molecule has 4 nitrogen and oxygen atoms in total. The Bertz CT molecular complexity index is 590. The number of halogens is 2. The number of aromatic nitrogens is 2. The highest BCUT2D eigenvalue weighted by atomic mass is 35.5. The SMILES string of the molecule is CC(NC(=O)c1cc(Cl)ncc1Cl)c1ccncc1. The molecule has 2 aromatic heterocycles. The van der Waals surface area contributed by atoms with Gasteiger partial charge in [0.1, 0.15) is 5.15 Å². The summed E-state index contributed by atoms with van der Waals surface area (Å²) in [5.41, 5.74) is 1.27. The van der Waals surface area contributed by atoms with E-state index in [2.05, 4.69) is 15.3 Å². The molecule has 0 radical (unpaired) electrons. The Hall–Kier alpha value is -1.65. The summed E-state index contributed by atoms with van der Waals surface area (Å²) >= 11 is 11.7. The molecular weight excluding hydrogens is 285 g/mol. The number of pyridine rings is 2.